The van der Waals surface area contributed by atoms with Crippen molar-refractivity contribution >= 4 is 17.5 Å². The van der Waals surface area contributed by atoms with Crippen molar-refractivity contribution in [2.75, 3.05) is 13.1 Å². The van der Waals surface area contributed by atoms with Gasteiger partial charge in [-0.05, 0) is 37.6 Å². The van der Waals surface area contributed by atoms with Crippen molar-refractivity contribution in [2.45, 2.75) is 12.8 Å². The molecule has 0 aliphatic carbocycles. The molecule has 1 aromatic carbocycles. The number of nitrogens with zero attached hydrogens (tertiary/aromatic N) is 2. The second kappa shape index (κ2) is 7.07. The lowest BCUT2D eigenvalue weighted by Gasteiger charge is -2.02. The molecule has 1 heterocycles. The molecule has 3 N–H and O–H groups in total. The van der Waals surface area contributed by atoms with Crippen molar-refractivity contribution in [1.29, 1.82) is 0 Å². The maximum Gasteiger partial charge on any atom is 0.254 e. The lowest BCUT2D eigenvalue weighted by molar-refractivity contribution is 0.0953. The fraction of sp³-hybridized carbons (Fsp3) is 0.286. The first-order chi connectivity index (χ1) is 9.70. The molecule has 1 aromatic heterocycles. The molecule has 106 valence electrons. The number of rotatable bonds is 6. The summed E-state index contributed by atoms with van der Waals surface area (Å²) in [5.41, 5.74) is 6.74. The van der Waals surface area contributed by atoms with Gasteiger partial charge in [0.05, 0.1) is 17.4 Å². The summed E-state index contributed by atoms with van der Waals surface area (Å²) < 4.78 is 1.63. The minimum absolute atomic E-state index is 0.129. The smallest absolute Gasteiger partial charge is 0.254 e. The molecular formula is C14H17ClN4O. The molecule has 5 nitrogen and oxygen atoms in total. The van der Waals surface area contributed by atoms with Crippen LogP contribution >= 0.6 is 11.6 Å². The van der Waals surface area contributed by atoms with Crippen LogP contribution in [0.15, 0.2) is 36.7 Å². The molecular weight excluding hydrogens is 276 g/mol. The predicted octanol–water partition coefficient (Wildman–Crippen LogP) is 1.99. The van der Waals surface area contributed by atoms with Gasteiger partial charge in [-0.15, -0.1) is 0 Å². The van der Waals surface area contributed by atoms with Gasteiger partial charge in [0.2, 0.25) is 0 Å². The second-order valence-corrected chi connectivity index (χ2v) is 4.84. The third kappa shape index (κ3) is 3.82. The van der Waals surface area contributed by atoms with Gasteiger partial charge in [-0.3, -0.25) is 4.79 Å². The summed E-state index contributed by atoms with van der Waals surface area (Å²) in [5, 5.41) is 7.64. The molecule has 0 saturated heterocycles. The van der Waals surface area contributed by atoms with E-state index in [2.05, 4.69) is 10.4 Å². The van der Waals surface area contributed by atoms with Crippen molar-refractivity contribution in [3.8, 4) is 5.69 Å². The standard InChI is InChI=1S/C14H17ClN4O/c15-12-4-3-5-13(8-12)19-10-11(9-18-19)14(20)17-7-2-1-6-16/h3-5,8-10H,1-2,6-7,16H2,(H,17,20). The number of nitrogens with one attached hydrogen (secondary N) is 1. The highest BCUT2D eigenvalue weighted by atomic mass is 35.5. The zero-order chi connectivity index (χ0) is 14.4. The van der Waals surface area contributed by atoms with Gasteiger partial charge < -0.3 is 11.1 Å². The van der Waals surface area contributed by atoms with Gasteiger partial charge >= 0.3 is 0 Å². The van der Waals surface area contributed by atoms with E-state index in [0.29, 0.717) is 23.7 Å². The van der Waals surface area contributed by atoms with Crippen LogP contribution in [0.2, 0.25) is 5.02 Å². The van der Waals surface area contributed by atoms with Crippen molar-refractivity contribution in [3.05, 3.63) is 47.2 Å². The van der Waals surface area contributed by atoms with Crippen molar-refractivity contribution in [1.82, 2.24) is 15.1 Å². The summed E-state index contributed by atoms with van der Waals surface area (Å²) in [4.78, 5) is 11.9. The Kier molecular flexibility index (Phi) is 5.15. The number of halogens is 1. The van der Waals surface area contributed by atoms with E-state index in [9.17, 15) is 4.79 Å². The largest absolute Gasteiger partial charge is 0.352 e. The van der Waals surface area contributed by atoms with Crippen LogP contribution in [0.25, 0.3) is 5.69 Å². The number of benzene rings is 1. The zero-order valence-electron chi connectivity index (χ0n) is 11.1. The van der Waals surface area contributed by atoms with Crippen molar-refractivity contribution in [3.63, 3.8) is 0 Å². The Bertz CT molecular complexity index is 582. The Morgan fingerprint density at radius 3 is 3.00 bits per heavy atom. The molecule has 2 rings (SSSR count). The predicted molar refractivity (Wildman–Crippen MR) is 79.2 cm³/mol. The van der Waals surface area contributed by atoms with Crippen LogP contribution in [0.1, 0.15) is 23.2 Å². The molecule has 0 saturated carbocycles. The maximum atomic E-state index is 11.9. The molecule has 0 spiro atoms. The monoisotopic (exact) mass is 292 g/mol. The van der Waals surface area contributed by atoms with E-state index >= 15 is 0 Å². The highest BCUT2D eigenvalue weighted by Gasteiger charge is 2.08. The van der Waals surface area contributed by atoms with Gasteiger partial charge in [0, 0.05) is 17.8 Å². The molecule has 6 heteroatoms. The number of carbonyl (C=O) groups is 1. The molecule has 0 fully saturated rings. The number of unbranched alkanes of at least 4 members (excludes halogenated alkanes) is 1. The topological polar surface area (TPSA) is 72.9 Å². The number of aromatic nitrogens is 2. The van der Waals surface area contributed by atoms with Crippen LogP contribution in [-0.2, 0) is 0 Å². The maximum absolute atomic E-state index is 11.9. The highest BCUT2D eigenvalue weighted by molar-refractivity contribution is 6.30. The van der Waals surface area contributed by atoms with Gasteiger partial charge in [-0.25, -0.2) is 4.68 Å². The summed E-state index contributed by atoms with van der Waals surface area (Å²) in [6.45, 7) is 1.26. The average Bonchev–Trinajstić information content (AvgIpc) is 2.93. The quantitative estimate of drug-likeness (QED) is 0.800. The average molecular weight is 293 g/mol. The Labute approximate surface area is 122 Å². The van der Waals surface area contributed by atoms with Gasteiger partial charge in [-0.1, -0.05) is 17.7 Å². The third-order valence-corrected chi connectivity index (χ3v) is 3.07. The van der Waals surface area contributed by atoms with Gasteiger partial charge in [0.1, 0.15) is 0 Å². The van der Waals surface area contributed by atoms with Gasteiger partial charge in [0.25, 0.3) is 5.91 Å². The Morgan fingerprint density at radius 1 is 1.40 bits per heavy atom. The van der Waals surface area contributed by atoms with Crippen LogP contribution in [0.3, 0.4) is 0 Å². The minimum atomic E-state index is -0.129. The number of hydrogen-bond donors (Lipinski definition) is 2. The highest BCUT2D eigenvalue weighted by Crippen LogP contribution is 2.14. The fourth-order valence-electron chi connectivity index (χ4n) is 1.77. The van der Waals surface area contributed by atoms with Crippen LogP contribution in [0.5, 0.6) is 0 Å². The summed E-state index contributed by atoms with van der Waals surface area (Å²) in [6, 6.07) is 7.30. The number of hydrogen-bond acceptors (Lipinski definition) is 3. The lowest BCUT2D eigenvalue weighted by Crippen LogP contribution is -2.24. The first kappa shape index (κ1) is 14.6. The number of carbonyl (C=O) groups excluding carboxylic acids is 1. The lowest BCUT2D eigenvalue weighted by atomic mass is 10.3. The van der Waals surface area contributed by atoms with E-state index in [0.717, 1.165) is 18.5 Å². The molecule has 0 bridgehead atoms. The van der Waals surface area contributed by atoms with E-state index < -0.39 is 0 Å². The zero-order valence-corrected chi connectivity index (χ0v) is 11.8. The minimum Gasteiger partial charge on any atom is -0.352 e. The Balaban J connectivity index is 2.00. The van der Waals surface area contributed by atoms with E-state index in [1.807, 2.05) is 12.1 Å². The molecule has 0 aliphatic heterocycles. The van der Waals surface area contributed by atoms with E-state index in [1.54, 1.807) is 29.2 Å². The van der Waals surface area contributed by atoms with E-state index in [4.69, 9.17) is 17.3 Å². The molecule has 0 atom stereocenters. The van der Waals surface area contributed by atoms with Crippen molar-refractivity contribution in [2.24, 2.45) is 5.73 Å². The van der Waals surface area contributed by atoms with Crippen LogP contribution in [-0.4, -0.2) is 28.8 Å². The fourth-order valence-corrected chi connectivity index (χ4v) is 1.96. The molecule has 1 amide bonds. The van der Waals surface area contributed by atoms with E-state index in [-0.39, 0.29) is 5.91 Å². The second-order valence-electron chi connectivity index (χ2n) is 4.41. The first-order valence-electron chi connectivity index (χ1n) is 6.49. The third-order valence-electron chi connectivity index (χ3n) is 2.83. The number of nitrogens with two attached hydrogens (primary N) is 1. The van der Waals surface area contributed by atoms with Crippen LogP contribution in [0, 0.1) is 0 Å². The molecule has 0 radical (unpaired) electrons. The molecule has 20 heavy (non-hydrogen) atoms. The molecule has 0 unspecified atom stereocenters. The summed E-state index contributed by atoms with van der Waals surface area (Å²) in [5.74, 6) is -0.129. The summed E-state index contributed by atoms with van der Waals surface area (Å²) in [7, 11) is 0. The van der Waals surface area contributed by atoms with E-state index in [1.165, 1.54) is 0 Å². The Hall–Kier alpha value is -1.85. The number of amides is 1. The first-order valence-corrected chi connectivity index (χ1v) is 6.87. The van der Waals surface area contributed by atoms with Crippen LogP contribution in [0.4, 0.5) is 0 Å². The Morgan fingerprint density at radius 2 is 2.25 bits per heavy atom. The summed E-state index contributed by atoms with van der Waals surface area (Å²) >= 11 is 5.93. The van der Waals surface area contributed by atoms with Crippen LogP contribution < -0.4 is 11.1 Å². The van der Waals surface area contributed by atoms with Gasteiger partial charge in [-0.2, -0.15) is 5.10 Å². The molecule has 2 aromatic rings. The molecule has 0 aliphatic rings. The normalized spacial score (nSPS) is 10.5. The van der Waals surface area contributed by atoms with Gasteiger partial charge in [0.15, 0.2) is 0 Å². The summed E-state index contributed by atoms with van der Waals surface area (Å²) in [6.07, 6.45) is 5.01. The SMILES string of the molecule is NCCCCNC(=O)c1cnn(-c2cccc(Cl)c2)c1. The van der Waals surface area contributed by atoms with Crippen molar-refractivity contribution < 1.29 is 4.79 Å².